The number of rotatable bonds is 4. The Morgan fingerprint density at radius 1 is 1.67 bits per heavy atom. The summed E-state index contributed by atoms with van der Waals surface area (Å²) in [5.41, 5.74) is 2.04. The minimum Gasteiger partial charge on any atom is -0.480 e. The van der Waals surface area contributed by atoms with Crippen molar-refractivity contribution in [1.82, 2.24) is 10.3 Å². The van der Waals surface area contributed by atoms with Crippen LogP contribution in [-0.4, -0.2) is 39.7 Å². The molecule has 0 radical (unpaired) electrons. The van der Waals surface area contributed by atoms with Gasteiger partial charge in [-0.2, -0.15) is 0 Å². The number of carbonyl (C=O) groups excluding carboxylic acids is 1. The third-order valence-electron chi connectivity index (χ3n) is 1.74. The normalized spacial score (nSPS) is 12.1. The van der Waals surface area contributed by atoms with Gasteiger partial charge in [0.05, 0.1) is 17.8 Å². The topological polar surface area (TPSA) is 99.5 Å². The minimum absolute atomic E-state index is 0.356. The number of carboxylic acid groups (broad SMARTS) is 1. The Morgan fingerprint density at radius 3 is 2.73 bits per heavy atom. The first-order chi connectivity index (χ1) is 7.06. The van der Waals surface area contributed by atoms with E-state index in [9.17, 15) is 9.59 Å². The van der Waals surface area contributed by atoms with Crippen molar-refractivity contribution < 1.29 is 19.8 Å². The summed E-state index contributed by atoms with van der Waals surface area (Å²) >= 11 is 1.12. The number of aryl methyl sites for hydroxylation is 1. The lowest BCUT2D eigenvalue weighted by atomic mass is 10.3. The first kappa shape index (κ1) is 11.6. The summed E-state index contributed by atoms with van der Waals surface area (Å²) in [6, 6.07) is -1.28. The monoisotopic (exact) mass is 230 g/mol. The van der Waals surface area contributed by atoms with Crippen LogP contribution in [0.1, 0.15) is 15.4 Å². The fraction of sp³-hybridized carbons (Fsp3) is 0.375. The molecule has 7 heteroatoms. The van der Waals surface area contributed by atoms with Gasteiger partial charge in [0.2, 0.25) is 0 Å². The predicted octanol–water partition coefficient (Wildman–Crippen LogP) is -0.373. The molecule has 1 aromatic rings. The standard InChI is InChI=1S/C8H10N2O4S/c1-4-6(15-3-9-4)7(12)10-5(2-11)8(13)14/h3,5,11H,2H2,1H3,(H,10,12)(H,13,14)/t5-/m1/s1. The van der Waals surface area contributed by atoms with Crippen LogP contribution in [0.2, 0.25) is 0 Å². The summed E-state index contributed by atoms with van der Waals surface area (Å²) in [6.45, 7) is 1.01. The zero-order chi connectivity index (χ0) is 11.4. The molecule has 0 saturated carbocycles. The minimum atomic E-state index is -1.28. The van der Waals surface area contributed by atoms with E-state index in [4.69, 9.17) is 10.2 Å². The van der Waals surface area contributed by atoms with Crippen LogP contribution < -0.4 is 5.32 Å². The van der Waals surface area contributed by atoms with Gasteiger partial charge in [-0.1, -0.05) is 0 Å². The third kappa shape index (κ3) is 2.74. The highest BCUT2D eigenvalue weighted by Crippen LogP contribution is 2.11. The van der Waals surface area contributed by atoms with E-state index in [0.29, 0.717) is 10.6 Å². The Balaban J connectivity index is 2.71. The first-order valence-corrected chi connectivity index (χ1v) is 4.98. The fourth-order valence-corrected chi connectivity index (χ4v) is 1.63. The van der Waals surface area contributed by atoms with Gasteiger partial charge in [0.25, 0.3) is 5.91 Å². The Kier molecular flexibility index (Phi) is 3.75. The number of amides is 1. The maximum absolute atomic E-state index is 11.5. The first-order valence-electron chi connectivity index (χ1n) is 4.11. The molecule has 1 heterocycles. The SMILES string of the molecule is Cc1ncsc1C(=O)N[C@H](CO)C(=O)O. The van der Waals surface area contributed by atoms with Crippen molar-refractivity contribution in [3.8, 4) is 0 Å². The molecule has 0 fully saturated rings. The van der Waals surface area contributed by atoms with Crippen molar-refractivity contribution in [3.05, 3.63) is 16.1 Å². The van der Waals surface area contributed by atoms with E-state index in [1.54, 1.807) is 6.92 Å². The van der Waals surface area contributed by atoms with Crippen molar-refractivity contribution in [2.75, 3.05) is 6.61 Å². The third-order valence-corrected chi connectivity index (χ3v) is 2.67. The molecule has 0 aliphatic rings. The smallest absolute Gasteiger partial charge is 0.328 e. The van der Waals surface area contributed by atoms with Crippen molar-refractivity contribution >= 4 is 23.2 Å². The van der Waals surface area contributed by atoms with Crippen LogP contribution in [0.5, 0.6) is 0 Å². The number of nitrogens with zero attached hydrogens (tertiary/aromatic N) is 1. The number of aromatic nitrogens is 1. The molecule has 0 aliphatic carbocycles. The van der Waals surface area contributed by atoms with Crippen LogP contribution in [0.4, 0.5) is 0 Å². The Hall–Kier alpha value is -1.47. The van der Waals surface area contributed by atoms with E-state index < -0.39 is 24.5 Å². The van der Waals surface area contributed by atoms with Crippen LogP contribution >= 0.6 is 11.3 Å². The molecule has 0 saturated heterocycles. The highest BCUT2D eigenvalue weighted by molar-refractivity contribution is 7.11. The molecule has 6 nitrogen and oxygen atoms in total. The average Bonchev–Trinajstić information content (AvgIpc) is 2.60. The number of carbonyl (C=O) groups is 2. The number of thiazole rings is 1. The molecule has 82 valence electrons. The lowest BCUT2D eigenvalue weighted by molar-refractivity contribution is -0.140. The summed E-state index contributed by atoms with van der Waals surface area (Å²) in [5.74, 6) is -1.80. The molecule has 15 heavy (non-hydrogen) atoms. The molecule has 1 rings (SSSR count). The summed E-state index contributed by atoms with van der Waals surface area (Å²) < 4.78 is 0. The number of hydrogen-bond donors (Lipinski definition) is 3. The van der Waals surface area contributed by atoms with E-state index >= 15 is 0 Å². The molecule has 0 spiro atoms. The maximum atomic E-state index is 11.5. The molecule has 1 atom stereocenters. The Morgan fingerprint density at radius 2 is 2.33 bits per heavy atom. The zero-order valence-electron chi connectivity index (χ0n) is 7.93. The van der Waals surface area contributed by atoms with E-state index in [-0.39, 0.29) is 0 Å². The second kappa shape index (κ2) is 4.85. The maximum Gasteiger partial charge on any atom is 0.328 e. The van der Waals surface area contributed by atoms with Gasteiger partial charge in [-0.05, 0) is 6.92 Å². The van der Waals surface area contributed by atoms with Gasteiger partial charge in [0.15, 0.2) is 6.04 Å². The number of aliphatic hydroxyl groups excluding tert-OH is 1. The van der Waals surface area contributed by atoms with Crippen molar-refractivity contribution in [2.24, 2.45) is 0 Å². The van der Waals surface area contributed by atoms with Crippen LogP contribution in [0.3, 0.4) is 0 Å². The lowest BCUT2D eigenvalue weighted by Crippen LogP contribution is -2.43. The van der Waals surface area contributed by atoms with Crippen LogP contribution in [0, 0.1) is 6.92 Å². The van der Waals surface area contributed by atoms with Gasteiger partial charge >= 0.3 is 5.97 Å². The van der Waals surface area contributed by atoms with Gasteiger partial charge in [0, 0.05) is 0 Å². The Labute approximate surface area is 89.6 Å². The van der Waals surface area contributed by atoms with Crippen molar-refractivity contribution in [3.63, 3.8) is 0 Å². The van der Waals surface area contributed by atoms with Gasteiger partial charge < -0.3 is 15.5 Å². The number of aliphatic hydroxyl groups is 1. The van der Waals surface area contributed by atoms with Gasteiger partial charge in [-0.25, -0.2) is 9.78 Å². The highest BCUT2D eigenvalue weighted by atomic mass is 32.1. The molecule has 0 unspecified atom stereocenters. The fourth-order valence-electron chi connectivity index (χ4n) is 0.929. The van der Waals surface area contributed by atoms with Crippen LogP contribution in [0.15, 0.2) is 5.51 Å². The molecule has 1 aromatic heterocycles. The number of hydrogen-bond acceptors (Lipinski definition) is 5. The Bertz CT molecular complexity index is 376. The van der Waals surface area contributed by atoms with Gasteiger partial charge in [-0.3, -0.25) is 4.79 Å². The van der Waals surface area contributed by atoms with E-state index in [1.165, 1.54) is 5.51 Å². The van der Waals surface area contributed by atoms with E-state index in [0.717, 1.165) is 11.3 Å². The highest BCUT2D eigenvalue weighted by Gasteiger charge is 2.21. The second-order valence-electron chi connectivity index (χ2n) is 2.81. The number of nitrogens with one attached hydrogen (secondary N) is 1. The lowest BCUT2D eigenvalue weighted by Gasteiger charge is -2.10. The molecular formula is C8H10N2O4S. The van der Waals surface area contributed by atoms with E-state index in [2.05, 4.69) is 10.3 Å². The molecule has 0 aliphatic heterocycles. The number of aliphatic carboxylic acids is 1. The van der Waals surface area contributed by atoms with Gasteiger partial charge in [0.1, 0.15) is 4.88 Å². The molecular weight excluding hydrogens is 220 g/mol. The zero-order valence-corrected chi connectivity index (χ0v) is 8.74. The predicted molar refractivity (Wildman–Crippen MR) is 52.8 cm³/mol. The van der Waals surface area contributed by atoms with Crippen LogP contribution in [0.25, 0.3) is 0 Å². The number of carboxylic acids is 1. The molecule has 0 aromatic carbocycles. The second-order valence-corrected chi connectivity index (χ2v) is 3.67. The average molecular weight is 230 g/mol. The van der Waals surface area contributed by atoms with Crippen LogP contribution in [-0.2, 0) is 4.79 Å². The van der Waals surface area contributed by atoms with Gasteiger partial charge in [-0.15, -0.1) is 11.3 Å². The summed E-state index contributed by atoms with van der Waals surface area (Å²) in [7, 11) is 0. The van der Waals surface area contributed by atoms with Crippen molar-refractivity contribution in [2.45, 2.75) is 13.0 Å². The quantitative estimate of drug-likeness (QED) is 0.655. The molecule has 3 N–H and O–H groups in total. The summed E-state index contributed by atoms with van der Waals surface area (Å²) in [4.78, 5) is 26.2. The molecule has 1 amide bonds. The largest absolute Gasteiger partial charge is 0.480 e. The summed E-state index contributed by atoms with van der Waals surface area (Å²) in [5, 5.41) is 19.5. The van der Waals surface area contributed by atoms with E-state index in [1.807, 2.05) is 0 Å². The van der Waals surface area contributed by atoms with Crippen molar-refractivity contribution in [1.29, 1.82) is 0 Å². The molecule has 0 bridgehead atoms. The summed E-state index contributed by atoms with van der Waals surface area (Å²) in [6.07, 6.45) is 0.